The van der Waals surface area contributed by atoms with Crippen molar-refractivity contribution in [3.8, 4) is 0 Å². The number of para-hydroxylation sites is 2. The highest BCUT2D eigenvalue weighted by Crippen LogP contribution is 2.34. The number of fused-ring (bicyclic) bond motifs is 2. The van der Waals surface area contributed by atoms with Crippen LogP contribution in [-0.2, 0) is 16.4 Å². The number of amides is 1. The maximum atomic E-state index is 13.7. The number of rotatable bonds is 8. The molecule has 9 heteroatoms. The van der Waals surface area contributed by atoms with Gasteiger partial charge in [0.15, 0.2) is 5.13 Å². The van der Waals surface area contributed by atoms with Crippen molar-refractivity contribution in [2.75, 3.05) is 42.9 Å². The third-order valence-electron chi connectivity index (χ3n) is 6.61. The van der Waals surface area contributed by atoms with Crippen molar-refractivity contribution in [3.63, 3.8) is 0 Å². The molecule has 7 nitrogen and oxygen atoms in total. The molecule has 5 rings (SSSR count). The Morgan fingerprint density at radius 1 is 1.00 bits per heavy atom. The molecule has 0 N–H and O–H groups in total. The van der Waals surface area contributed by atoms with E-state index in [1.807, 2.05) is 63.5 Å². The van der Waals surface area contributed by atoms with Gasteiger partial charge in [-0.05, 0) is 87.9 Å². The number of aryl methyl sites for hydroxylation is 1. The fourth-order valence-electron chi connectivity index (χ4n) is 4.63. The molecule has 0 spiro atoms. The molecule has 1 aliphatic rings. The van der Waals surface area contributed by atoms with Gasteiger partial charge in [-0.15, -0.1) is 0 Å². The van der Waals surface area contributed by atoms with Gasteiger partial charge in [0.1, 0.15) is 0 Å². The number of hydrogen-bond acceptors (Lipinski definition) is 6. The van der Waals surface area contributed by atoms with E-state index in [4.69, 9.17) is 4.98 Å². The predicted octanol–water partition coefficient (Wildman–Crippen LogP) is 4.95. The third-order valence-corrected chi connectivity index (χ3v) is 9.48. The number of aromatic nitrogens is 1. The van der Waals surface area contributed by atoms with Crippen molar-refractivity contribution in [2.45, 2.75) is 24.7 Å². The summed E-state index contributed by atoms with van der Waals surface area (Å²) in [4.78, 5) is 22.5. The first-order chi connectivity index (χ1) is 17.8. The number of benzene rings is 3. The molecule has 0 fully saturated rings. The van der Waals surface area contributed by atoms with Crippen molar-refractivity contribution in [3.05, 3.63) is 83.4 Å². The summed E-state index contributed by atoms with van der Waals surface area (Å²) in [7, 11) is 0.290. The van der Waals surface area contributed by atoms with E-state index >= 15 is 0 Å². The van der Waals surface area contributed by atoms with Gasteiger partial charge in [-0.1, -0.05) is 41.7 Å². The zero-order valence-corrected chi connectivity index (χ0v) is 22.8. The van der Waals surface area contributed by atoms with Crippen LogP contribution in [0, 0.1) is 6.92 Å². The molecule has 0 bridgehead atoms. The largest absolute Gasteiger partial charge is 0.309 e. The minimum atomic E-state index is -3.72. The van der Waals surface area contributed by atoms with Crippen LogP contribution in [0.5, 0.6) is 0 Å². The van der Waals surface area contributed by atoms with E-state index in [0.717, 1.165) is 40.0 Å². The number of anilines is 2. The molecule has 4 aromatic rings. The van der Waals surface area contributed by atoms with Gasteiger partial charge in [0.25, 0.3) is 15.9 Å². The Labute approximate surface area is 222 Å². The Kier molecular flexibility index (Phi) is 7.02. The summed E-state index contributed by atoms with van der Waals surface area (Å²) in [6.07, 6.45) is 1.48. The first kappa shape index (κ1) is 25.4. The van der Waals surface area contributed by atoms with Crippen molar-refractivity contribution < 1.29 is 13.2 Å². The molecule has 1 amide bonds. The topological polar surface area (TPSA) is 73.8 Å². The van der Waals surface area contributed by atoms with Crippen molar-refractivity contribution in [2.24, 2.45) is 0 Å². The van der Waals surface area contributed by atoms with Gasteiger partial charge in [-0.25, -0.2) is 13.4 Å². The first-order valence-corrected chi connectivity index (χ1v) is 14.5. The van der Waals surface area contributed by atoms with Gasteiger partial charge < -0.3 is 4.90 Å². The second-order valence-corrected chi connectivity index (χ2v) is 12.4. The Balaban J connectivity index is 1.43. The van der Waals surface area contributed by atoms with E-state index < -0.39 is 10.0 Å². The maximum absolute atomic E-state index is 13.7. The third kappa shape index (κ3) is 4.99. The number of carbonyl (C=O) groups excluding carboxylic acids is 1. The Hall–Kier alpha value is -3.27. The van der Waals surface area contributed by atoms with E-state index in [2.05, 4.69) is 4.90 Å². The highest BCUT2D eigenvalue weighted by Gasteiger charge is 2.31. The van der Waals surface area contributed by atoms with E-state index in [9.17, 15) is 13.2 Å². The summed E-state index contributed by atoms with van der Waals surface area (Å²) in [5, 5.41) is 0.651. The highest BCUT2D eigenvalue weighted by molar-refractivity contribution is 7.92. The smallest absolute Gasteiger partial charge is 0.264 e. The molecule has 0 unspecified atom stereocenters. The SMILES string of the molecule is Cc1cccc2sc(N(CCCN(C)C)C(=O)c3ccc(S(=O)(=O)N4CCc5ccccc54)cc3)nc12. The lowest BCUT2D eigenvalue weighted by molar-refractivity contribution is 0.0986. The lowest BCUT2D eigenvalue weighted by Crippen LogP contribution is -2.33. The van der Waals surface area contributed by atoms with Gasteiger partial charge in [0.2, 0.25) is 0 Å². The normalized spacial score (nSPS) is 13.4. The van der Waals surface area contributed by atoms with Gasteiger partial charge in [0, 0.05) is 18.7 Å². The zero-order valence-electron chi connectivity index (χ0n) is 21.2. The first-order valence-electron chi connectivity index (χ1n) is 12.3. The lowest BCUT2D eigenvalue weighted by Gasteiger charge is -2.22. The number of thiazole rings is 1. The van der Waals surface area contributed by atoms with Crippen molar-refractivity contribution in [1.82, 2.24) is 9.88 Å². The second-order valence-electron chi connectivity index (χ2n) is 9.51. The van der Waals surface area contributed by atoms with E-state index in [0.29, 0.717) is 30.2 Å². The van der Waals surface area contributed by atoms with Crippen LogP contribution in [0.15, 0.2) is 71.6 Å². The Morgan fingerprint density at radius 2 is 1.76 bits per heavy atom. The lowest BCUT2D eigenvalue weighted by atomic mass is 10.2. The minimum Gasteiger partial charge on any atom is -0.309 e. The van der Waals surface area contributed by atoms with E-state index in [1.54, 1.807) is 17.0 Å². The van der Waals surface area contributed by atoms with Crippen LogP contribution >= 0.6 is 11.3 Å². The molecule has 0 saturated heterocycles. The van der Waals surface area contributed by atoms with Crippen LogP contribution in [0.1, 0.15) is 27.9 Å². The molecule has 1 aliphatic heterocycles. The van der Waals surface area contributed by atoms with Crippen LogP contribution in [0.25, 0.3) is 10.2 Å². The number of sulfonamides is 1. The van der Waals surface area contributed by atoms with Crippen molar-refractivity contribution >= 4 is 48.3 Å². The second kappa shape index (κ2) is 10.2. The Bertz CT molecular complexity index is 1550. The van der Waals surface area contributed by atoms with E-state index in [-0.39, 0.29) is 10.8 Å². The average molecular weight is 535 g/mol. The molecule has 2 heterocycles. The molecule has 0 atom stereocenters. The minimum absolute atomic E-state index is 0.176. The zero-order chi connectivity index (χ0) is 26.2. The fourth-order valence-corrected chi connectivity index (χ4v) is 7.20. The van der Waals surface area contributed by atoms with Gasteiger partial charge in [-0.3, -0.25) is 14.0 Å². The monoisotopic (exact) mass is 534 g/mol. The summed E-state index contributed by atoms with van der Waals surface area (Å²) < 4.78 is 29.3. The molecule has 0 radical (unpaired) electrons. The number of carbonyl (C=O) groups is 1. The summed E-state index contributed by atoms with van der Waals surface area (Å²) in [6.45, 7) is 3.78. The van der Waals surface area contributed by atoms with Crippen molar-refractivity contribution in [1.29, 1.82) is 0 Å². The van der Waals surface area contributed by atoms with Crippen LogP contribution in [0.3, 0.4) is 0 Å². The molecular formula is C28H30N4O3S2. The van der Waals surface area contributed by atoms with Crippen LogP contribution in [0.2, 0.25) is 0 Å². The molecular weight excluding hydrogens is 504 g/mol. The Morgan fingerprint density at radius 3 is 2.49 bits per heavy atom. The summed E-state index contributed by atoms with van der Waals surface area (Å²) in [6, 6.07) is 19.9. The molecule has 0 saturated carbocycles. The molecule has 3 aromatic carbocycles. The summed E-state index contributed by atoms with van der Waals surface area (Å²) in [5.74, 6) is -0.189. The summed E-state index contributed by atoms with van der Waals surface area (Å²) >= 11 is 1.50. The van der Waals surface area contributed by atoms with Gasteiger partial charge in [-0.2, -0.15) is 0 Å². The molecule has 192 valence electrons. The number of nitrogens with zero attached hydrogens (tertiary/aromatic N) is 4. The standard InChI is InChI=1S/C28H30N4O3S2/c1-20-8-6-11-25-26(20)29-28(36-25)31(18-7-17-30(2)3)27(33)22-12-14-23(15-13-22)37(34,35)32-19-16-21-9-4-5-10-24(21)32/h4-6,8-15H,7,16-19H2,1-3H3. The fraction of sp³-hybridized carbons (Fsp3) is 0.286. The average Bonchev–Trinajstić information content (AvgIpc) is 3.52. The van der Waals surface area contributed by atoms with Gasteiger partial charge >= 0.3 is 0 Å². The summed E-state index contributed by atoms with van der Waals surface area (Å²) in [5.41, 5.74) is 4.15. The number of hydrogen-bond donors (Lipinski definition) is 0. The van der Waals surface area contributed by atoms with Crippen LogP contribution in [-0.4, -0.2) is 57.9 Å². The molecule has 37 heavy (non-hydrogen) atoms. The molecule has 1 aromatic heterocycles. The highest BCUT2D eigenvalue weighted by atomic mass is 32.2. The molecule has 0 aliphatic carbocycles. The van der Waals surface area contributed by atoms with Crippen LogP contribution in [0.4, 0.5) is 10.8 Å². The maximum Gasteiger partial charge on any atom is 0.264 e. The van der Waals surface area contributed by atoms with Gasteiger partial charge in [0.05, 0.1) is 20.8 Å². The predicted molar refractivity (Wildman–Crippen MR) is 150 cm³/mol. The van der Waals surface area contributed by atoms with E-state index in [1.165, 1.54) is 27.8 Å². The quantitative estimate of drug-likeness (QED) is 0.320. The van der Waals surface area contributed by atoms with Crippen LogP contribution < -0.4 is 9.21 Å².